The van der Waals surface area contributed by atoms with Gasteiger partial charge in [-0.25, -0.2) is 22.0 Å². The maximum absolute atomic E-state index is 14.0. The molecule has 2 aromatic carbocycles. The molecule has 0 amide bonds. The molecule has 0 saturated heterocycles. The predicted octanol–water partition coefficient (Wildman–Crippen LogP) is 4.04. The molecule has 0 aliphatic heterocycles. The summed E-state index contributed by atoms with van der Waals surface area (Å²) in [5.74, 6) is -0.0757. The molecule has 0 fully saturated rings. The third kappa shape index (κ3) is 4.64. The lowest BCUT2D eigenvalue weighted by molar-refractivity contribution is 0.590. The number of benzene rings is 2. The summed E-state index contributed by atoms with van der Waals surface area (Å²) >= 11 is 1.38. The van der Waals surface area contributed by atoms with Gasteiger partial charge in [0.1, 0.15) is 5.82 Å². The Labute approximate surface area is 177 Å². The van der Waals surface area contributed by atoms with Crippen molar-refractivity contribution in [1.82, 2.24) is 19.3 Å². The van der Waals surface area contributed by atoms with E-state index in [2.05, 4.69) is 14.8 Å². The van der Waals surface area contributed by atoms with Crippen LogP contribution in [-0.2, 0) is 16.4 Å². The Kier molecular flexibility index (Phi) is 5.76. The van der Waals surface area contributed by atoms with Crippen LogP contribution in [0.15, 0.2) is 59.3 Å². The maximum atomic E-state index is 14.0. The first kappa shape index (κ1) is 20.4. The minimum atomic E-state index is -3.56. The third-order valence-corrected chi connectivity index (χ3v) is 6.43. The smallest absolute Gasteiger partial charge is 0.211 e. The maximum Gasteiger partial charge on any atom is 0.233 e. The Morgan fingerprint density at radius 3 is 2.70 bits per heavy atom. The van der Waals surface area contributed by atoms with Crippen LogP contribution in [0.4, 0.5) is 4.39 Å². The summed E-state index contributed by atoms with van der Waals surface area (Å²) in [6, 6.07) is 13.9. The van der Waals surface area contributed by atoms with Crippen molar-refractivity contribution < 1.29 is 12.8 Å². The zero-order valence-corrected chi connectivity index (χ0v) is 17.8. The Hall–Kier alpha value is -2.88. The van der Waals surface area contributed by atoms with Gasteiger partial charge in [-0.1, -0.05) is 42.0 Å². The number of hydrogen-bond acceptors (Lipinski definition) is 5. The number of fused-ring (bicyclic) bond motifs is 1. The number of nitrogens with one attached hydrogen (secondary N) is 1. The highest BCUT2D eigenvalue weighted by Gasteiger charge is 2.14. The Morgan fingerprint density at radius 1 is 1.17 bits per heavy atom. The molecule has 0 spiro atoms. The zero-order valence-electron chi connectivity index (χ0n) is 16.1. The van der Waals surface area contributed by atoms with Gasteiger partial charge in [-0.2, -0.15) is 4.98 Å². The van der Waals surface area contributed by atoms with Crippen LogP contribution < -0.4 is 4.72 Å². The van der Waals surface area contributed by atoms with Crippen molar-refractivity contribution >= 4 is 32.4 Å². The molecule has 0 atom stereocenters. The van der Waals surface area contributed by atoms with Crippen LogP contribution in [0.3, 0.4) is 0 Å². The SMILES string of the molecule is Cc1ccc(/C=C/S(=O)(=O)NCCc2csc3nc(-c4ccccc4F)nn23)cc1. The fourth-order valence-electron chi connectivity index (χ4n) is 2.87. The Bertz CT molecular complexity index is 1310. The molecule has 0 bridgehead atoms. The molecular weight excluding hydrogens is 423 g/mol. The minimum absolute atomic E-state index is 0.210. The Morgan fingerprint density at radius 2 is 1.93 bits per heavy atom. The van der Waals surface area contributed by atoms with Gasteiger partial charge in [-0.3, -0.25) is 0 Å². The van der Waals surface area contributed by atoms with Crippen LogP contribution >= 0.6 is 11.3 Å². The molecule has 154 valence electrons. The van der Waals surface area contributed by atoms with E-state index in [-0.39, 0.29) is 12.4 Å². The van der Waals surface area contributed by atoms with Crippen molar-refractivity contribution in [3.05, 3.63) is 82.0 Å². The monoisotopic (exact) mass is 442 g/mol. The second-order valence-corrected chi connectivity index (χ2v) is 9.23. The molecule has 2 aromatic heterocycles. The van der Waals surface area contributed by atoms with Crippen molar-refractivity contribution in [2.24, 2.45) is 0 Å². The number of aryl methyl sites for hydroxylation is 1. The largest absolute Gasteiger partial charge is 0.233 e. The molecular formula is C21H19FN4O2S2. The van der Waals surface area contributed by atoms with E-state index >= 15 is 0 Å². The van der Waals surface area contributed by atoms with Gasteiger partial charge in [-0.05, 0) is 30.7 Å². The fraction of sp³-hybridized carbons (Fsp3) is 0.143. The van der Waals surface area contributed by atoms with Gasteiger partial charge >= 0.3 is 0 Å². The average Bonchev–Trinajstić information content (AvgIpc) is 3.29. The average molecular weight is 443 g/mol. The summed E-state index contributed by atoms with van der Waals surface area (Å²) in [4.78, 5) is 5.00. The fourth-order valence-corrected chi connectivity index (χ4v) is 4.54. The Balaban J connectivity index is 1.42. The number of thiazole rings is 1. The number of rotatable bonds is 7. The van der Waals surface area contributed by atoms with Crippen LogP contribution in [0.1, 0.15) is 16.8 Å². The first-order chi connectivity index (χ1) is 14.4. The second-order valence-electron chi connectivity index (χ2n) is 6.74. The van der Waals surface area contributed by atoms with E-state index in [1.807, 2.05) is 36.6 Å². The van der Waals surface area contributed by atoms with Crippen molar-refractivity contribution in [3.63, 3.8) is 0 Å². The van der Waals surface area contributed by atoms with E-state index in [0.717, 1.165) is 22.2 Å². The van der Waals surface area contributed by atoms with Crippen LogP contribution in [0, 0.1) is 12.7 Å². The number of sulfonamides is 1. The predicted molar refractivity (Wildman–Crippen MR) is 117 cm³/mol. The molecule has 0 unspecified atom stereocenters. The molecule has 6 nitrogen and oxygen atoms in total. The molecule has 2 heterocycles. The van der Waals surface area contributed by atoms with Gasteiger partial charge < -0.3 is 0 Å². The molecule has 0 radical (unpaired) electrons. The summed E-state index contributed by atoms with van der Waals surface area (Å²) in [5, 5.41) is 7.42. The minimum Gasteiger partial charge on any atom is -0.211 e. The molecule has 0 aliphatic carbocycles. The van der Waals surface area contributed by atoms with Gasteiger partial charge in [0.2, 0.25) is 15.0 Å². The lowest BCUT2D eigenvalue weighted by atomic mass is 10.2. The van der Waals surface area contributed by atoms with Gasteiger partial charge in [0.05, 0.1) is 11.3 Å². The lowest BCUT2D eigenvalue weighted by Gasteiger charge is -2.02. The standard InChI is InChI=1S/C21H19FN4O2S2/c1-15-6-8-16(9-7-15)11-13-30(27,28)23-12-10-17-14-29-21-24-20(25-26(17)21)18-4-2-3-5-19(18)22/h2-9,11,13-14,23H,10,12H2,1H3/b13-11+. The lowest BCUT2D eigenvalue weighted by Crippen LogP contribution is -2.24. The molecule has 4 aromatic rings. The molecule has 9 heteroatoms. The van der Waals surface area contributed by atoms with Crippen LogP contribution in [0.25, 0.3) is 22.4 Å². The summed E-state index contributed by atoms with van der Waals surface area (Å²) in [6.07, 6.45) is 1.99. The summed E-state index contributed by atoms with van der Waals surface area (Å²) in [6.45, 7) is 2.18. The topological polar surface area (TPSA) is 76.4 Å². The van der Waals surface area contributed by atoms with E-state index in [1.54, 1.807) is 28.8 Å². The van der Waals surface area contributed by atoms with Gasteiger partial charge in [0, 0.05) is 23.8 Å². The molecule has 4 rings (SSSR count). The number of hydrogen-bond donors (Lipinski definition) is 1. The summed E-state index contributed by atoms with van der Waals surface area (Å²) in [7, 11) is -3.56. The highest BCUT2D eigenvalue weighted by molar-refractivity contribution is 7.92. The first-order valence-electron chi connectivity index (χ1n) is 9.24. The van der Waals surface area contributed by atoms with Crippen molar-refractivity contribution in [2.75, 3.05) is 6.54 Å². The second kappa shape index (κ2) is 8.47. The normalized spacial score (nSPS) is 12.2. The zero-order chi connectivity index (χ0) is 21.1. The quantitative estimate of drug-likeness (QED) is 0.469. The molecule has 30 heavy (non-hydrogen) atoms. The molecule has 0 saturated carbocycles. The van der Waals surface area contributed by atoms with Crippen molar-refractivity contribution in [2.45, 2.75) is 13.3 Å². The highest BCUT2D eigenvalue weighted by atomic mass is 32.2. The van der Waals surface area contributed by atoms with Crippen LogP contribution in [0.2, 0.25) is 0 Å². The third-order valence-electron chi connectivity index (χ3n) is 4.47. The molecule has 0 aliphatic rings. The van der Waals surface area contributed by atoms with E-state index in [1.165, 1.54) is 17.4 Å². The van der Waals surface area contributed by atoms with Gasteiger partial charge in [-0.15, -0.1) is 16.4 Å². The first-order valence-corrected chi connectivity index (χ1v) is 11.7. The van der Waals surface area contributed by atoms with E-state index in [9.17, 15) is 12.8 Å². The van der Waals surface area contributed by atoms with Gasteiger partial charge in [0.25, 0.3) is 0 Å². The van der Waals surface area contributed by atoms with E-state index in [4.69, 9.17) is 0 Å². The van der Waals surface area contributed by atoms with E-state index < -0.39 is 10.0 Å². The number of aromatic nitrogens is 3. The summed E-state index contributed by atoms with van der Waals surface area (Å²) < 4.78 is 42.6. The highest BCUT2D eigenvalue weighted by Crippen LogP contribution is 2.23. The van der Waals surface area contributed by atoms with Crippen molar-refractivity contribution in [1.29, 1.82) is 0 Å². The van der Waals surface area contributed by atoms with Crippen LogP contribution in [-0.4, -0.2) is 29.6 Å². The number of nitrogens with zero attached hydrogens (tertiary/aromatic N) is 3. The van der Waals surface area contributed by atoms with Crippen molar-refractivity contribution in [3.8, 4) is 11.4 Å². The number of halogens is 1. The van der Waals surface area contributed by atoms with E-state index in [0.29, 0.717) is 22.8 Å². The summed E-state index contributed by atoms with van der Waals surface area (Å²) in [5.41, 5.74) is 3.06. The van der Waals surface area contributed by atoms with Gasteiger partial charge in [0.15, 0.2) is 5.82 Å². The molecule has 1 N–H and O–H groups in total. The van der Waals surface area contributed by atoms with Crippen LogP contribution in [0.5, 0.6) is 0 Å².